The predicted octanol–water partition coefficient (Wildman–Crippen LogP) is -4.09. The second-order valence-electron chi connectivity index (χ2n) is 10.3. The fourth-order valence-electron chi connectivity index (χ4n) is 3.39. The number of nitrogens with two attached hydrogens (primary N) is 1. The van der Waals surface area contributed by atoms with Crippen molar-refractivity contribution in [3.05, 3.63) is 0 Å². The summed E-state index contributed by atoms with van der Waals surface area (Å²) < 4.78 is 5.34. The highest BCUT2D eigenvalue weighted by Gasteiger charge is 2.36. The lowest BCUT2D eigenvalue weighted by atomic mass is 10.0. The van der Waals surface area contributed by atoms with Gasteiger partial charge in [-0.15, -0.1) is 0 Å². The molecule has 3 unspecified atom stereocenters. The molecular weight excluding hydrogens is 562 g/mol. The molecule has 0 aliphatic rings. The third kappa shape index (κ3) is 13.3. The maximum Gasteiger partial charge on any atom is 0.325 e. The van der Waals surface area contributed by atoms with Gasteiger partial charge in [-0.1, -0.05) is 27.7 Å². The Kier molecular flexibility index (Phi) is 17.1. The number of carbonyl (C=O) groups is 7. The molecule has 0 rings (SSSR count). The number of nitrogens with one attached hydrogen (secondary N) is 4. The first-order chi connectivity index (χ1) is 19.5. The normalized spacial score (nSPS) is 16.2. The molecule has 0 spiro atoms. The molecule has 0 saturated carbocycles. The summed E-state index contributed by atoms with van der Waals surface area (Å²) in [5, 5.41) is 47.5. The number of ether oxygens (including phenoxy) is 1. The van der Waals surface area contributed by atoms with Crippen molar-refractivity contribution in [3.8, 4) is 0 Å². The van der Waals surface area contributed by atoms with E-state index in [-0.39, 0.29) is 19.1 Å². The number of amides is 5. The average molecular weight is 606 g/mol. The van der Waals surface area contributed by atoms with Crippen LogP contribution in [0, 0.1) is 11.8 Å². The number of hydrogen-bond acceptors (Lipinski definition) is 11. The van der Waals surface area contributed by atoms with E-state index in [0.717, 1.165) is 0 Å². The smallest absolute Gasteiger partial charge is 0.325 e. The quantitative estimate of drug-likeness (QED) is 0.0599. The summed E-state index contributed by atoms with van der Waals surface area (Å²) in [5.74, 6) is -6.41. The SMILES string of the molecule is CC(C)C(=O)N[C@@H](C=O)[C@@H](OCC(=O)NC(C(=O)NC(CCC(=O)NC(C)C(=O)O)C(N)=O)C(C)C)[C@H](O)[C@H](O)CO. The van der Waals surface area contributed by atoms with E-state index in [1.54, 1.807) is 13.8 Å². The summed E-state index contributed by atoms with van der Waals surface area (Å²) in [4.78, 5) is 84.1. The van der Waals surface area contributed by atoms with Crippen molar-refractivity contribution in [1.82, 2.24) is 21.3 Å². The van der Waals surface area contributed by atoms with E-state index in [1.807, 2.05) is 0 Å². The van der Waals surface area contributed by atoms with Gasteiger partial charge in [-0.25, -0.2) is 0 Å². The van der Waals surface area contributed by atoms with Crippen LogP contribution in [0.3, 0.4) is 0 Å². The molecule has 0 aliphatic carbocycles. The lowest BCUT2D eigenvalue weighted by Crippen LogP contribution is -2.57. The van der Waals surface area contributed by atoms with Crippen molar-refractivity contribution < 1.29 is 58.7 Å². The fraction of sp³-hybridized carbons (Fsp3) is 0.720. The van der Waals surface area contributed by atoms with Crippen LogP contribution in [0.15, 0.2) is 0 Å². The number of aliphatic hydroxyl groups excluding tert-OH is 3. The number of aliphatic carboxylic acids is 1. The van der Waals surface area contributed by atoms with Crippen LogP contribution in [0.1, 0.15) is 47.5 Å². The molecule has 0 aliphatic heterocycles. The highest BCUT2D eigenvalue weighted by atomic mass is 16.5. The van der Waals surface area contributed by atoms with E-state index < -0.39 is 103 Å². The van der Waals surface area contributed by atoms with Crippen LogP contribution < -0.4 is 27.0 Å². The van der Waals surface area contributed by atoms with E-state index in [9.17, 15) is 48.9 Å². The van der Waals surface area contributed by atoms with Gasteiger partial charge in [0, 0.05) is 12.3 Å². The van der Waals surface area contributed by atoms with Gasteiger partial charge in [-0.2, -0.15) is 0 Å². The molecule has 5 amide bonds. The summed E-state index contributed by atoms with van der Waals surface area (Å²) in [6.07, 6.45) is -5.73. The highest BCUT2D eigenvalue weighted by molar-refractivity contribution is 5.92. The molecule has 0 radical (unpaired) electrons. The number of aliphatic hydroxyl groups is 3. The van der Waals surface area contributed by atoms with Crippen LogP contribution >= 0.6 is 0 Å². The molecule has 7 atom stereocenters. The van der Waals surface area contributed by atoms with Gasteiger partial charge >= 0.3 is 5.97 Å². The van der Waals surface area contributed by atoms with Crippen molar-refractivity contribution >= 4 is 41.8 Å². The second kappa shape index (κ2) is 18.7. The Morgan fingerprint density at radius 3 is 1.93 bits per heavy atom. The van der Waals surface area contributed by atoms with Crippen LogP contribution in [0.2, 0.25) is 0 Å². The molecule has 0 aromatic heterocycles. The topological polar surface area (TPSA) is 284 Å². The minimum Gasteiger partial charge on any atom is -0.480 e. The van der Waals surface area contributed by atoms with Crippen LogP contribution in [-0.2, 0) is 38.3 Å². The third-order valence-corrected chi connectivity index (χ3v) is 5.99. The number of carbonyl (C=O) groups excluding carboxylic acids is 6. The zero-order valence-electron chi connectivity index (χ0n) is 24.2. The Bertz CT molecular complexity index is 960. The Labute approximate surface area is 242 Å². The van der Waals surface area contributed by atoms with E-state index in [0.29, 0.717) is 0 Å². The number of primary amides is 1. The van der Waals surface area contributed by atoms with Crippen LogP contribution in [0.5, 0.6) is 0 Å². The van der Waals surface area contributed by atoms with Crippen molar-refractivity contribution in [1.29, 1.82) is 0 Å². The van der Waals surface area contributed by atoms with Crippen molar-refractivity contribution in [2.45, 2.75) is 89.9 Å². The lowest BCUT2D eigenvalue weighted by molar-refractivity contribution is -0.147. The highest BCUT2D eigenvalue weighted by Crippen LogP contribution is 2.11. The first-order valence-corrected chi connectivity index (χ1v) is 13.2. The Morgan fingerprint density at radius 2 is 1.48 bits per heavy atom. The standard InChI is InChI=1S/C25H43N5O12/c1-11(2)19(24(39)28-14(22(26)37)6-7-17(34)27-13(5)25(40)41)30-18(35)10-42-21(20(36)16(33)9-32)15(8-31)29-23(38)12(3)4/h8,11-16,19-21,32-33,36H,6-7,9-10H2,1-5H3,(H2,26,37)(H,27,34)(H,28,39)(H,29,38)(H,30,35)(H,40,41)/t13?,14?,15-,16+,19?,20+,21+/m0/s1. The van der Waals surface area contributed by atoms with E-state index in [4.69, 9.17) is 15.6 Å². The van der Waals surface area contributed by atoms with Gasteiger partial charge < -0.3 is 57.0 Å². The second-order valence-corrected chi connectivity index (χ2v) is 10.3. The first kappa shape index (κ1) is 38.3. The first-order valence-electron chi connectivity index (χ1n) is 13.2. The number of rotatable bonds is 20. The zero-order valence-corrected chi connectivity index (χ0v) is 24.2. The summed E-state index contributed by atoms with van der Waals surface area (Å²) in [5.41, 5.74) is 5.33. The number of hydrogen-bond donors (Lipinski definition) is 9. The number of aldehydes is 1. The van der Waals surface area contributed by atoms with Gasteiger partial charge in [0.1, 0.15) is 55.4 Å². The third-order valence-electron chi connectivity index (χ3n) is 5.99. The minimum absolute atomic E-state index is 0.229. The molecule has 0 aromatic rings. The minimum atomic E-state index is -1.90. The number of carboxylic acid groups (broad SMARTS) is 1. The molecule has 0 fully saturated rings. The molecule has 10 N–H and O–H groups in total. The summed E-state index contributed by atoms with van der Waals surface area (Å²) >= 11 is 0. The van der Waals surface area contributed by atoms with Gasteiger partial charge in [-0.3, -0.25) is 28.8 Å². The van der Waals surface area contributed by atoms with Gasteiger partial charge in [0.2, 0.25) is 29.5 Å². The predicted molar refractivity (Wildman–Crippen MR) is 144 cm³/mol. The van der Waals surface area contributed by atoms with Crippen molar-refractivity contribution in [2.24, 2.45) is 17.6 Å². The molecule has 0 aromatic carbocycles. The fourth-order valence-corrected chi connectivity index (χ4v) is 3.39. The lowest BCUT2D eigenvalue weighted by Gasteiger charge is -2.31. The van der Waals surface area contributed by atoms with Crippen LogP contribution in [-0.4, -0.2) is 118 Å². The van der Waals surface area contributed by atoms with Crippen LogP contribution in [0.4, 0.5) is 0 Å². The van der Waals surface area contributed by atoms with E-state index in [2.05, 4.69) is 21.3 Å². The van der Waals surface area contributed by atoms with Gasteiger partial charge in [0.25, 0.3) is 0 Å². The summed E-state index contributed by atoms with van der Waals surface area (Å²) in [6, 6.07) is -5.28. The van der Waals surface area contributed by atoms with Crippen molar-refractivity contribution in [3.63, 3.8) is 0 Å². The number of carboxylic acids is 1. The molecule has 240 valence electrons. The molecule has 0 heterocycles. The molecule has 0 bridgehead atoms. The summed E-state index contributed by atoms with van der Waals surface area (Å²) in [6.45, 7) is 5.67. The molecular formula is C25H43N5O12. The van der Waals surface area contributed by atoms with E-state index in [1.165, 1.54) is 20.8 Å². The van der Waals surface area contributed by atoms with Crippen molar-refractivity contribution in [2.75, 3.05) is 13.2 Å². The Balaban J connectivity index is 5.48. The molecule has 17 heteroatoms. The van der Waals surface area contributed by atoms with E-state index >= 15 is 0 Å². The monoisotopic (exact) mass is 605 g/mol. The average Bonchev–Trinajstić information content (AvgIpc) is 2.91. The van der Waals surface area contributed by atoms with Gasteiger partial charge in [0.15, 0.2) is 0 Å². The zero-order chi connectivity index (χ0) is 32.7. The van der Waals surface area contributed by atoms with Crippen LogP contribution in [0.25, 0.3) is 0 Å². The Hall–Kier alpha value is -3.67. The summed E-state index contributed by atoms with van der Waals surface area (Å²) in [7, 11) is 0. The molecule has 0 saturated heterocycles. The largest absolute Gasteiger partial charge is 0.480 e. The van der Waals surface area contributed by atoms with Gasteiger partial charge in [0.05, 0.1) is 6.61 Å². The Morgan fingerprint density at radius 1 is 0.881 bits per heavy atom. The maximum atomic E-state index is 12.9. The maximum absolute atomic E-state index is 12.9. The molecule has 42 heavy (non-hydrogen) atoms. The molecule has 17 nitrogen and oxygen atoms in total. The van der Waals surface area contributed by atoms with Gasteiger partial charge in [-0.05, 0) is 19.3 Å².